The maximum absolute atomic E-state index is 3.59. The molecule has 1 aromatic heterocycles. The van der Waals surface area contributed by atoms with E-state index >= 15 is 0 Å². The van der Waals surface area contributed by atoms with Crippen LogP contribution < -0.4 is 5.32 Å². The van der Waals surface area contributed by atoms with E-state index < -0.39 is 0 Å². The van der Waals surface area contributed by atoms with Crippen LogP contribution in [-0.4, -0.2) is 12.6 Å². The maximum Gasteiger partial charge on any atom is 0.0360 e. The van der Waals surface area contributed by atoms with Crippen LogP contribution in [-0.2, 0) is 6.42 Å². The first-order valence-electron chi connectivity index (χ1n) is 6.75. The summed E-state index contributed by atoms with van der Waals surface area (Å²) in [6.07, 6.45) is 2.28. The number of halogens is 1. The molecule has 19 heavy (non-hydrogen) atoms. The molecule has 1 unspecified atom stereocenters. The number of thiophene rings is 1. The van der Waals surface area contributed by atoms with Crippen LogP contribution in [0.2, 0.25) is 0 Å². The lowest BCUT2D eigenvalue weighted by molar-refractivity contribution is 0.543. The Morgan fingerprint density at radius 2 is 1.95 bits per heavy atom. The molecule has 0 aliphatic carbocycles. The van der Waals surface area contributed by atoms with Gasteiger partial charge >= 0.3 is 0 Å². The summed E-state index contributed by atoms with van der Waals surface area (Å²) in [6.45, 7) is 5.55. The van der Waals surface area contributed by atoms with Gasteiger partial charge in [-0.3, -0.25) is 0 Å². The molecular formula is C16H20BrNS. The van der Waals surface area contributed by atoms with Gasteiger partial charge < -0.3 is 5.32 Å². The van der Waals surface area contributed by atoms with Crippen molar-refractivity contribution in [3.63, 3.8) is 0 Å². The van der Waals surface area contributed by atoms with Gasteiger partial charge in [-0.15, -0.1) is 0 Å². The molecule has 1 N–H and O–H groups in total. The predicted octanol–water partition coefficient (Wildman–Crippen LogP) is 5.11. The number of nitrogens with one attached hydrogen (secondary N) is 1. The number of hydrogen-bond acceptors (Lipinski definition) is 2. The van der Waals surface area contributed by atoms with Gasteiger partial charge in [0.1, 0.15) is 0 Å². The first kappa shape index (κ1) is 14.8. The van der Waals surface area contributed by atoms with E-state index in [9.17, 15) is 0 Å². The molecule has 0 spiro atoms. The number of rotatable bonds is 6. The molecule has 1 nitrogen and oxygen atoms in total. The Labute approximate surface area is 128 Å². The zero-order valence-corrected chi connectivity index (χ0v) is 13.9. The van der Waals surface area contributed by atoms with Crippen LogP contribution in [0.25, 0.3) is 11.1 Å². The van der Waals surface area contributed by atoms with Crippen molar-refractivity contribution in [1.82, 2.24) is 5.32 Å². The molecular weight excluding hydrogens is 318 g/mol. The normalized spacial score (nSPS) is 12.6. The Hall–Kier alpha value is -0.640. The fourth-order valence-electron chi connectivity index (χ4n) is 2.12. The van der Waals surface area contributed by atoms with Gasteiger partial charge in [0.25, 0.3) is 0 Å². The second kappa shape index (κ2) is 7.22. The molecule has 1 aromatic carbocycles. The van der Waals surface area contributed by atoms with E-state index in [1.54, 1.807) is 11.3 Å². The van der Waals surface area contributed by atoms with E-state index in [-0.39, 0.29) is 0 Å². The van der Waals surface area contributed by atoms with Crippen molar-refractivity contribution in [3.8, 4) is 11.1 Å². The molecule has 2 aromatic rings. The molecule has 102 valence electrons. The Morgan fingerprint density at radius 1 is 1.21 bits per heavy atom. The molecule has 0 radical (unpaired) electrons. The topological polar surface area (TPSA) is 12.0 Å². The van der Waals surface area contributed by atoms with Gasteiger partial charge in [0, 0.05) is 21.5 Å². The molecule has 2 rings (SSSR count). The lowest BCUT2D eigenvalue weighted by Crippen LogP contribution is -2.28. The van der Waals surface area contributed by atoms with Crippen LogP contribution in [0.5, 0.6) is 0 Å². The molecule has 0 saturated carbocycles. The Morgan fingerprint density at radius 3 is 2.53 bits per heavy atom. The van der Waals surface area contributed by atoms with Crippen molar-refractivity contribution in [3.05, 3.63) is 45.1 Å². The van der Waals surface area contributed by atoms with Gasteiger partial charge in [-0.05, 0) is 58.7 Å². The minimum Gasteiger partial charge on any atom is -0.314 e. The fraction of sp³-hybridized carbons (Fsp3) is 0.375. The molecule has 0 saturated heterocycles. The average Bonchev–Trinajstić information content (AvgIpc) is 2.83. The fourth-order valence-corrected chi connectivity index (χ4v) is 3.66. The second-order valence-electron chi connectivity index (χ2n) is 4.89. The molecule has 0 amide bonds. The van der Waals surface area contributed by atoms with Crippen molar-refractivity contribution in [2.24, 2.45) is 0 Å². The highest BCUT2D eigenvalue weighted by Crippen LogP contribution is 2.31. The first-order valence-corrected chi connectivity index (χ1v) is 8.48. The van der Waals surface area contributed by atoms with Gasteiger partial charge in [0.2, 0.25) is 0 Å². The zero-order chi connectivity index (χ0) is 13.7. The van der Waals surface area contributed by atoms with Crippen molar-refractivity contribution in [2.45, 2.75) is 32.7 Å². The highest BCUT2D eigenvalue weighted by molar-refractivity contribution is 9.10. The van der Waals surface area contributed by atoms with Crippen LogP contribution in [0, 0.1) is 0 Å². The average molecular weight is 338 g/mol. The second-order valence-corrected chi connectivity index (χ2v) is 6.49. The Kier molecular flexibility index (Phi) is 5.61. The van der Waals surface area contributed by atoms with Crippen LogP contribution in [0.3, 0.4) is 0 Å². The number of benzene rings is 1. The summed E-state index contributed by atoms with van der Waals surface area (Å²) in [5.41, 5.74) is 3.96. The van der Waals surface area contributed by atoms with Crippen molar-refractivity contribution in [1.29, 1.82) is 0 Å². The maximum atomic E-state index is 3.59. The van der Waals surface area contributed by atoms with Crippen molar-refractivity contribution >= 4 is 27.3 Å². The summed E-state index contributed by atoms with van der Waals surface area (Å²) in [6, 6.07) is 9.45. The minimum absolute atomic E-state index is 0.540. The third-order valence-electron chi connectivity index (χ3n) is 3.16. The molecule has 3 heteroatoms. The standard InChI is InChI=1S/C16H20BrNS/c1-3-8-18-12(2)9-13-4-6-14(7-5-13)15-10-19-11-16(15)17/h4-7,10-12,18H,3,8-9H2,1-2H3. The summed E-state index contributed by atoms with van der Waals surface area (Å²) < 4.78 is 1.18. The van der Waals surface area contributed by atoms with Crippen molar-refractivity contribution in [2.75, 3.05) is 6.54 Å². The quantitative estimate of drug-likeness (QED) is 0.772. The molecule has 0 aliphatic rings. The van der Waals surface area contributed by atoms with Gasteiger partial charge in [-0.25, -0.2) is 0 Å². The molecule has 0 fully saturated rings. The van der Waals surface area contributed by atoms with Gasteiger partial charge in [-0.2, -0.15) is 11.3 Å². The van der Waals surface area contributed by atoms with Crippen LogP contribution >= 0.6 is 27.3 Å². The van der Waals surface area contributed by atoms with E-state index in [0.29, 0.717) is 6.04 Å². The van der Waals surface area contributed by atoms with Gasteiger partial charge in [0.05, 0.1) is 0 Å². The smallest absolute Gasteiger partial charge is 0.0360 e. The summed E-state index contributed by atoms with van der Waals surface area (Å²) in [5.74, 6) is 0. The molecule has 1 heterocycles. The molecule has 0 bridgehead atoms. The first-order chi connectivity index (χ1) is 9.20. The van der Waals surface area contributed by atoms with Crippen molar-refractivity contribution < 1.29 is 0 Å². The lowest BCUT2D eigenvalue weighted by atomic mass is 10.0. The van der Waals surface area contributed by atoms with E-state index in [2.05, 4.69) is 70.1 Å². The Bertz CT molecular complexity index is 504. The highest BCUT2D eigenvalue weighted by atomic mass is 79.9. The monoisotopic (exact) mass is 337 g/mol. The third kappa shape index (κ3) is 4.16. The van der Waals surface area contributed by atoms with E-state index in [1.165, 1.54) is 27.6 Å². The van der Waals surface area contributed by atoms with Gasteiger partial charge in [-0.1, -0.05) is 31.2 Å². The molecule has 1 atom stereocenters. The minimum atomic E-state index is 0.540. The van der Waals surface area contributed by atoms with E-state index in [1.807, 2.05) is 0 Å². The highest BCUT2D eigenvalue weighted by Gasteiger charge is 2.05. The summed E-state index contributed by atoms with van der Waals surface area (Å²) in [4.78, 5) is 0. The van der Waals surface area contributed by atoms with E-state index in [4.69, 9.17) is 0 Å². The van der Waals surface area contributed by atoms with Gasteiger partial charge in [0.15, 0.2) is 0 Å². The zero-order valence-electron chi connectivity index (χ0n) is 11.4. The van der Waals surface area contributed by atoms with Crippen LogP contribution in [0.4, 0.5) is 0 Å². The third-order valence-corrected chi connectivity index (χ3v) is 4.87. The lowest BCUT2D eigenvalue weighted by Gasteiger charge is -2.13. The Balaban J connectivity index is 2.01. The largest absolute Gasteiger partial charge is 0.314 e. The summed E-state index contributed by atoms with van der Waals surface area (Å²) in [7, 11) is 0. The van der Waals surface area contributed by atoms with E-state index in [0.717, 1.165) is 13.0 Å². The number of hydrogen-bond donors (Lipinski definition) is 1. The predicted molar refractivity (Wildman–Crippen MR) is 88.9 cm³/mol. The SMILES string of the molecule is CCCNC(C)Cc1ccc(-c2cscc2Br)cc1. The van der Waals surface area contributed by atoms with Crippen LogP contribution in [0.15, 0.2) is 39.5 Å². The molecule has 0 aliphatic heterocycles. The summed E-state index contributed by atoms with van der Waals surface area (Å²) in [5, 5.41) is 7.84. The van der Waals surface area contributed by atoms with Crippen LogP contribution in [0.1, 0.15) is 25.8 Å². The summed E-state index contributed by atoms with van der Waals surface area (Å²) >= 11 is 5.32.